The van der Waals surface area contributed by atoms with Crippen LogP contribution >= 0.6 is 11.8 Å². The van der Waals surface area contributed by atoms with Crippen LogP contribution in [0.1, 0.15) is 25.3 Å². The number of amides is 1. The number of rotatable bonds is 5. The second-order valence-corrected chi connectivity index (χ2v) is 6.34. The summed E-state index contributed by atoms with van der Waals surface area (Å²) in [5.41, 5.74) is 2.35. The van der Waals surface area contributed by atoms with E-state index in [1.807, 2.05) is 23.1 Å². The Balaban J connectivity index is 1.97. The molecule has 2 rings (SSSR count). The summed E-state index contributed by atoms with van der Waals surface area (Å²) in [6.45, 7) is 3.07. The van der Waals surface area contributed by atoms with Crippen LogP contribution in [0.2, 0.25) is 0 Å². The van der Waals surface area contributed by atoms with Crippen LogP contribution in [0.3, 0.4) is 0 Å². The zero-order valence-corrected chi connectivity index (χ0v) is 12.2. The minimum absolute atomic E-state index is 0.182. The summed E-state index contributed by atoms with van der Waals surface area (Å²) in [5, 5.41) is 9.20. The highest BCUT2D eigenvalue weighted by atomic mass is 32.2. The molecule has 1 amide bonds. The number of aliphatic hydroxyl groups is 1. The Kier molecular flexibility index (Phi) is 5.28. The number of anilines is 1. The predicted molar refractivity (Wildman–Crippen MR) is 80.7 cm³/mol. The largest absolute Gasteiger partial charge is 0.396 e. The first-order chi connectivity index (χ1) is 9.22. The Labute approximate surface area is 119 Å². The zero-order valence-electron chi connectivity index (χ0n) is 11.3. The van der Waals surface area contributed by atoms with E-state index >= 15 is 0 Å². The molecule has 1 aliphatic rings. The Morgan fingerprint density at radius 2 is 2.26 bits per heavy atom. The quantitative estimate of drug-likeness (QED) is 0.900. The summed E-state index contributed by atoms with van der Waals surface area (Å²) in [7, 11) is 0. The van der Waals surface area contributed by atoms with Crippen molar-refractivity contribution in [3.8, 4) is 0 Å². The van der Waals surface area contributed by atoms with Gasteiger partial charge >= 0.3 is 0 Å². The summed E-state index contributed by atoms with van der Waals surface area (Å²) in [6, 6.07) is 8.17. The van der Waals surface area contributed by atoms with Gasteiger partial charge in [0.25, 0.3) is 0 Å². The van der Waals surface area contributed by atoms with Crippen molar-refractivity contribution >= 4 is 23.4 Å². The maximum absolute atomic E-state index is 12.3. The van der Waals surface area contributed by atoms with E-state index in [0.717, 1.165) is 31.5 Å². The van der Waals surface area contributed by atoms with Gasteiger partial charge in [-0.05, 0) is 30.9 Å². The van der Waals surface area contributed by atoms with Crippen molar-refractivity contribution in [2.24, 2.45) is 0 Å². The van der Waals surface area contributed by atoms with Crippen molar-refractivity contribution < 1.29 is 9.90 Å². The number of aliphatic hydroxyl groups excluding tert-OH is 1. The Morgan fingerprint density at radius 3 is 3.05 bits per heavy atom. The van der Waals surface area contributed by atoms with Crippen molar-refractivity contribution in [3.05, 3.63) is 29.8 Å². The molecule has 1 aromatic rings. The fourth-order valence-corrected chi connectivity index (χ4v) is 3.20. The minimum atomic E-state index is 0.182. The van der Waals surface area contributed by atoms with E-state index < -0.39 is 0 Å². The van der Waals surface area contributed by atoms with Crippen molar-refractivity contribution in [2.75, 3.05) is 23.8 Å². The van der Waals surface area contributed by atoms with Crippen LogP contribution in [-0.2, 0) is 11.2 Å². The summed E-state index contributed by atoms with van der Waals surface area (Å²) < 4.78 is 0. The number of carbonyl (C=O) groups is 1. The highest BCUT2D eigenvalue weighted by Gasteiger charge is 2.22. The zero-order chi connectivity index (χ0) is 13.7. The first-order valence-electron chi connectivity index (χ1n) is 6.83. The summed E-state index contributed by atoms with van der Waals surface area (Å²) in [4.78, 5) is 14.2. The standard InChI is InChI=1S/C15H21NO2S/c1-12(8-10-17)19-11-15(18)16-9-4-6-13-5-2-3-7-14(13)16/h2-3,5,7,12,17H,4,6,8-11H2,1H3. The van der Waals surface area contributed by atoms with Crippen LogP contribution in [0.5, 0.6) is 0 Å². The van der Waals surface area contributed by atoms with Crippen LogP contribution < -0.4 is 4.90 Å². The lowest BCUT2D eigenvalue weighted by atomic mass is 10.0. The van der Waals surface area contributed by atoms with Gasteiger partial charge in [0.2, 0.25) is 5.91 Å². The van der Waals surface area contributed by atoms with Gasteiger partial charge in [0.15, 0.2) is 0 Å². The lowest BCUT2D eigenvalue weighted by molar-refractivity contribution is -0.116. The van der Waals surface area contributed by atoms with Crippen LogP contribution in [0.15, 0.2) is 24.3 Å². The number of benzene rings is 1. The van der Waals surface area contributed by atoms with Crippen LogP contribution in [-0.4, -0.2) is 35.2 Å². The Bertz CT molecular complexity index is 436. The molecule has 0 spiro atoms. The number of fused-ring (bicyclic) bond motifs is 1. The molecule has 0 aliphatic carbocycles. The fourth-order valence-electron chi connectivity index (χ4n) is 2.35. The molecular formula is C15H21NO2S. The van der Waals surface area contributed by atoms with Gasteiger partial charge < -0.3 is 10.0 Å². The first kappa shape index (κ1) is 14.4. The highest BCUT2D eigenvalue weighted by Crippen LogP contribution is 2.27. The van der Waals surface area contributed by atoms with E-state index in [4.69, 9.17) is 5.11 Å². The average molecular weight is 279 g/mol. The van der Waals surface area contributed by atoms with Gasteiger partial charge in [-0.15, -0.1) is 11.8 Å². The van der Waals surface area contributed by atoms with Crippen LogP contribution in [0.25, 0.3) is 0 Å². The SMILES string of the molecule is CC(CCO)SCC(=O)N1CCCc2ccccc21. The molecule has 104 valence electrons. The molecule has 0 radical (unpaired) electrons. The molecule has 4 heteroatoms. The number of aryl methyl sites for hydroxylation is 1. The summed E-state index contributed by atoms with van der Waals surface area (Å²) in [5.74, 6) is 0.678. The third-order valence-corrected chi connectivity index (χ3v) is 4.66. The number of thioether (sulfide) groups is 1. The first-order valence-corrected chi connectivity index (χ1v) is 7.88. The minimum Gasteiger partial charge on any atom is -0.396 e. The van der Waals surface area contributed by atoms with Crippen molar-refractivity contribution in [3.63, 3.8) is 0 Å². The van der Waals surface area contributed by atoms with Gasteiger partial charge in [-0.2, -0.15) is 0 Å². The normalized spacial score (nSPS) is 16.0. The fraction of sp³-hybridized carbons (Fsp3) is 0.533. The second-order valence-electron chi connectivity index (χ2n) is 4.91. The predicted octanol–water partition coefficient (Wildman–Crippen LogP) is 2.47. The van der Waals surface area contributed by atoms with Crippen LogP contribution in [0, 0.1) is 0 Å². The highest BCUT2D eigenvalue weighted by molar-refractivity contribution is 8.00. The Hall–Kier alpha value is -1.00. The molecular weight excluding hydrogens is 258 g/mol. The maximum atomic E-state index is 12.3. The van der Waals surface area contributed by atoms with E-state index in [1.165, 1.54) is 5.56 Å². The molecule has 19 heavy (non-hydrogen) atoms. The third kappa shape index (κ3) is 3.74. The molecule has 1 heterocycles. The molecule has 1 atom stereocenters. The second kappa shape index (κ2) is 6.96. The van der Waals surface area contributed by atoms with Gasteiger partial charge in [0.05, 0.1) is 5.75 Å². The van der Waals surface area contributed by atoms with Crippen molar-refractivity contribution in [1.29, 1.82) is 0 Å². The monoisotopic (exact) mass is 279 g/mol. The molecule has 1 aromatic carbocycles. The van der Waals surface area contributed by atoms with E-state index in [2.05, 4.69) is 13.0 Å². The molecule has 0 aromatic heterocycles. The third-order valence-electron chi connectivity index (χ3n) is 3.44. The van der Waals surface area contributed by atoms with E-state index in [1.54, 1.807) is 11.8 Å². The van der Waals surface area contributed by atoms with Gasteiger partial charge in [-0.3, -0.25) is 4.79 Å². The van der Waals surface area contributed by atoms with E-state index in [0.29, 0.717) is 11.0 Å². The average Bonchev–Trinajstić information content (AvgIpc) is 2.44. The van der Waals surface area contributed by atoms with Gasteiger partial charge in [-0.1, -0.05) is 25.1 Å². The van der Waals surface area contributed by atoms with E-state index in [9.17, 15) is 4.79 Å². The van der Waals surface area contributed by atoms with Gasteiger partial charge in [0.1, 0.15) is 0 Å². The molecule has 0 saturated carbocycles. The maximum Gasteiger partial charge on any atom is 0.236 e. The van der Waals surface area contributed by atoms with E-state index in [-0.39, 0.29) is 12.5 Å². The Morgan fingerprint density at radius 1 is 1.47 bits per heavy atom. The summed E-state index contributed by atoms with van der Waals surface area (Å²) in [6.07, 6.45) is 2.85. The van der Waals surface area contributed by atoms with Crippen molar-refractivity contribution in [2.45, 2.75) is 31.4 Å². The molecule has 3 nitrogen and oxygen atoms in total. The molecule has 0 fully saturated rings. The van der Waals surface area contributed by atoms with Gasteiger partial charge in [-0.25, -0.2) is 0 Å². The van der Waals surface area contributed by atoms with Crippen LogP contribution in [0.4, 0.5) is 5.69 Å². The van der Waals surface area contributed by atoms with Crippen molar-refractivity contribution in [1.82, 2.24) is 0 Å². The molecule has 1 unspecified atom stereocenters. The van der Waals surface area contributed by atoms with Gasteiger partial charge in [0, 0.05) is 24.1 Å². The number of hydrogen-bond donors (Lipinski definition) is 1. The molecule has 0 bridgehead atoms. The number of nitrogens with zero attached hydrogens (tertiary/aromatic N) is 1. The molecule has 1 aliphatic heterocycles. The topological polar surface area (TPSA) is 40.5 Å². The molecule has 0 saturated heterocycles. The summed E-state index contributed by atoms with van der Waals surface area (Å²) >= 11 is 1.63. The number of para-hydroxylation sites is 1. The smallest absolute Gasteiger partial charge is 0.236 e. The lowest BCUT2D eigenvalue weighted by Gasteiger charge is -2.29. The lowest BCUT2D eigenvalue weighted by Crippen LogP contribution is -2.37. The number of hydrogen-bond acceptors (Lipinski definition) is 3. The number of carbonyl (C=O) groups excluding carboxylic acids is 1. The molecule has 1 N–H and O–H groups in total.